The SMILES string of the molecule is Cc1ccc(C(C)(C)C[C@H](C)N[C@@H](Cc2ccccc2)c2ccccc2)o1. The molecule has 0 aliphatic carbocycles. The standard InChI is InChI=1S/C25H31NO/c1-19(18-25(3,4)24-16-15-20(2)27-24)26-23(22-13-9-6-10-14-22)17-21-11-7-5-8-12-21/h5-16,19,23,26H,17-18H2,1-4H3/t19-,23-/m0/s1. The van der Waals surface area contributed by atoms with Crippen molar-refractivity contribution in [2.75, 3.05) is 0 Å². The normalized spacial score (nSPS) is 14.1. The molecule has 0 saturated carbocycles. The number of benzene rings is 2. The van der Waals surface area contributed by atoms with E-state index in [0.29, 0.717) is 6.04 Å². The minimum Gasteiger partial charge on any atom is -0.466 e. The molecule has 0 unspecified atom stereocenters. The molecule has 1 heterocycles. The number of aryl methyl sites for hydroxylation is 1. The Balaban J connectivity index is 1.73. The van der Waals surface area contributed by atoms with E-state index in [1.54, 1.807) is 0 Å². The van der Waals surface area contributed by atoms with Crippen molar-refractivity contribution < 1.29 is 4.42 Å². The second-order valence-electron chi connectivity index (χ2n) is 8.22. The fraction of sp³-hybridized carbons (Fsp3) is 0.360. The molecule has 3 rings (SSSR count). The lowest BCUT2D eigenvalue weighted by Gasteiger charge is -2.30. The molecule has 0 amide bonds. The summed E-state index contributed by atoms with van der Waals surface area (Å²) >= 11 is 0. The second-order valence-corrected chi connectivity index (χ2v) is 8.22. The Morgan fingerprint density at radius 3 is 2.11 bits per heavy atom. The average molecular weight is 362 g/mol. The molecule has 142 valence electrons. The third kappa shape index (κ3) is 5.33. The molecule has 3 aromatic rings. The number of hydrogen-bond acceptors (Lipinski definition) is 2. The van der Waals surface area contributed by atoms with Crippen molar-refractivity contribution in [3.05, 3.63) is 95.4 Å². The molecule has 0 bridgehead atoms. The zero-order chi connectivity index (χ0) is 19.3. The van der Waals surface area contributed by atoms with E-state index in [2.05, 4.69) is 98.9 Å². The molecule has 1 N–H and O–H groups in total. The highest BCUT2D eigenvalue weighted by molar-refractivity contribution is 5.24. The predicted molar refractivity (Wildman–Crippen MR) is 113 cm³/mol. The molecule has 2 heteroatoms. The molecular formula is C25H31NO. The van der Waals surface area contributed by atoms with Gasteiger partial charge in [0.1, 0.15) is 11.5 Å². The third-order valence-corrected chi connectivity index (χ3v) is 5.19. The quantitative estimate of drug-likeness (QED) is 0.515. The van der Waals surface area contributed by atoms with Gasteiger partial charge in [-0.15, -0.1) is 0 Å². The van der Waals surface area contributed by atoms with Gasteiger partial charge in [-0.25, -0.2) is 0 Å². The molecule has 2 atom stereocenters. The van der Waals surface area contributed by atoms with Crippen LogP contribution in [0, 0.1) is 6.92 Å². The van der Waals surface area contributed by atoms with Gasteiger partial charge in [0.2, 0.25) is 0 Å². The summed E-state index contributed by atoms with van der Waals surface area (Å²) < 4.78 is 5.91. The first kappa shape index (κ1) is 19.4. The van der Waals surface area contributed by atoms with E-state index in [0.717, 1.165) is 24.4 Å². The van der Waals surface area contributed by atoms with Crippen molar-refractivity contribution in [1.29, 1.82) is 0 Å². The van der Waals surface area contributed by atoms with E-state index in [-0.39, 0.29) is 11.5 Å². The molecule has 0 saturated heterocycles. The molecule has 0 fully saturated rings. The largest absolute Gasteiger partial charge is 0.466 e. The summed E-state index contributed by atoms with van der Waals surface area (Å²) in [5, 5.41) is 3.87. The van der Waals surface area contributed by atoms with E-state index in [1.165, 1.54) is 11.1 Å². The maximum absolute atomic E-state index is 5.91. The van der Waals surface area contributed by atoms with Crippen LogP contribution in [0.15, 0.2) is 77.2 Å². The van der Waals surface area contributed by atoms with Crippen LogP contribution in [-0.2, 0) is 11.8 Å². The Bertz CT molecular complexity index is 820. The Morgan fingerprint density at radius 2 is 1.52 bits per heavy atom. The summed E-state index contributed by atoms with van der Waals surface area (Å²) in [6.45, 7) is 8.81. The van der Waals surface area contributed by atoms with Gasteiger partial charge in [0, 0.05) is 17.5 Å². The summed E-state index contributed by atoms with van der Waals surface area (Å²) in [5.41, 5.74) is 2.68. The van der Waals surface area contributed by atoms with Gasteiger partial charge in [-0.05, 0) is 49.9 Å². The van der Waals surface area contributed by atoms with Crippen molar-refractivity contribution in [2.24, 2.45) is 0 Å². The van der Waals surface area contributed by atoms with Crippen LogP contribution in [0.5, 0.6) is 0 Å². The first-order chi connectivity index (χ1) is 12.9. The van der Waals surface area contributed by atoms with Gasteiger partial charge in [-0.2, -0.15) is 0 Å². The summed E-state index contributed by atoms with van der Waals surface area (Å²) in [6.07, 6.45) is 1.99. The maximum Gasteiger partial charge on any atom is 0.109 e. The highest BCUT2D eigenvalue weighted by atomic mass is 16.3. The van der Waals surface area contributed by atoms with Crippen LogP contribution >= 0.6 is 0 Å². The van der Waals surface area contributed by atoms with E-state index in [9.17, 15) is 0 Å². The number of furan rings is 1. The van der Waals surface area contributed by atoms with Gasteiger partial charge in [0.05, 0.1) is 0 Å². The van der Waals surface area contributed by atoms with E-state index >= 15 is 0 Å². The summed E-state index contributed by atoms with van der Waals surface area (Å²) in [5.74, 6) is 2.04. The van der Waals surface area contributed by atoms with Crippen molar-refractivity contribution in [1.82, 2.24) is 5.32 Å². The van der Waals surface area contributed by atoms with Gasteiger partial charge in [-0.1, -0.05) is 74.5 Å². The summed E-state index contributed by atoms with van der Waals surface area (Å²) in [7, 11) is 0. The third-order valence-electron chi connectivity index (χ3n) is 5.19. The summed E-state index contributed by atoms with van der Waals surface area (Å²) in [6, 6.07) is 26.3. The van der Waals surface area contributed by atoms with Gasteiger partial charge in [0.25, 0.3) is 0 Å². The van der Waals surface area contributed by atoms with Crippen LogP contribution in [0.25, 0.3) is 0 Å². The molecule has 2 aromatic carbocycles. The molecule has 27 heavy (non-hydrogen) atoms. The lowest BCUT2D eigenvalue weighted by atomic mass is 9.83. The highest BCUT2D eigenvalue weighted by Gasteiger charge is 2.27. The molecule has 0 spiro atoms. The Labute approximate surface area is 163 Å². The van der Waals surface area contributed by atoms with Crippen LogP contribution < -0.4 is 5.32 Å². The number of rotatable bonds is 8. The van der Waals surface area contributed by atoms with Crippen molar-refractivity contribution in [2.45, 2.75) is 58.0 Å². The van der Waals surface area contributed by atoms with E-state index < -0.39 is 0 Å². The van der Waals surface area contributed by atoms with Gasteiger partial charge in [-0.3, -0.25) is 0 Å². The van der Waals surface area contributed by atoms with Crippen LogP contribution in [0.4, 0.5) is 0 Å². The molecule has 1 aromatic heterocycles. The monoisotopic (exact) mass is 361 g/mol. The minimum atomic E-state index is -0.00530. The second kappa shape index (κ2) is 8.58. The molecule has 2 nitrogen and oxygen atoms in total. The zero-order valence-corrected chi connectivity index (χ0v) is 16.9. The van der Waals surface area contributed by atoms with E-state index in [1.807, 2.05) is 6.92 Å². The smallest absolute Gasteiger partial charge is 0.109 e. The Hall–Kier alpha value is -2.32. The lowest BCUT2D eigenvalue weighted by molar-refractivity contribution is 0.306. The predicted octanol–water partition coefficient (Wildman–Crippen LogP) is 6.22. The first-order valence-electron chi connectivity index (χ1n) is 9.86. The van der Waals surface area contributed by atoms with Crippen LogP contribution in [0.3, 0.4) is 0 Å². The minimum absolute atomic E-state index is 0.00530. The molecule has 0 aliphatic rings. The molecular weight excluding hydrogens is 330 g/mol. The highest BCUT2D eigenvalue weighted by Crippen LogP contribution is 2.31. The van der Waals surface area contributed by atoms with Crippen LogP contribution in [0.1, 0.15) is 55.9 Å². The maximum atomic E-state index is 5.91. The van der Waals surface area contributed by atoms with Crippen molar-refractivity contribution in [3.63, 3.8) is 0 Å². The number of nitrogens with one attached hydrogen (secondary N) is 1. The van der Waals surface area contributed by atoms with Crippen molar-refractivity contribution in [3.8, 4) is 0 Å². The lowest BCUT2D eigenvalue weighted by Crippen LogP contribution is -2.36. The fourth-order valence-corrected chi connectivity index (χ4v) is 3.87. The van der Waals surface area contributed by atoms with Gasteiger partial charge < -0.3 is 9.73 Å². The summed E-state index contributed by atoms with van der Waals surface area (Å²) in [4.78, 5) is 0. The van der Waals surface area contributed by atoms with Gasteiger partial charge in [0.15, 0.2) is 0 Å². The van der Waals surface area contributed by atoms with Gasteiger partial charge >= 0.3 is 0 Å². The number of hydrogen-bond donors (Lipinski definition) is 1. The van der Waals surface area contributed by atoms with E-state index in [4.69, 9.17) is 4.42 Å². The molecule has 0 aliphatic heterocycles. The topological polar surface area (TPSA) is 25.2 Å². The zero-order valence-electron chi connectivity index (χ0n) is 16.9. The van der Waals surface area contributed by atoms with Crippen LogP contribution in [-0.4, -0.2) is 6.04 Å². The average Bonchev–Trinajstić information content (AvgIpc) is 3.10. The Kier molecular flexibility index (Phi) is 6.18. The Morgan fingerprint density at radius 1 is 0.889 bits per heavy atom. The molecule has 0 radical (unpaired) electrons. The first-order valence-corrected chi connectivity index (χ1v) is 9.86. The van der Waals surface area contributed by atoms with Crippen LogP contribution in [0.2, 0.25) is 0 Å². The fourth-order valence-electron chi connectivity index (χ4n) is 3.87. The van der Waals surface area contributed by atoms with Crippen molar-refractivity contribution >= 4 is 0 Å².